The van der Waals surface area contributed by atoms with Crippen molar-refractivity contribution in [2.24, 2.45) is 0 Å². The molecule has 0 atom stereocenters. The number of benzene rings is 2. The lowest BCUT2D eigenvalue weighted by atomic mass is 10.1. The van der Waals surface area contributed by atoms with Gasteiger partial charge in [0.2, 0.25) is 0 Å². The Balaban J connectivity index is 1.56. The van der Waals surface area contributed by atoms with Gasteiger partial charge in [0.1, 0.15) is 0 Å². The molecule has 0 bridgehead atoms. The lowest BCUT2D eigenvalue weighted by Gasteiger charge is -2.16. The van der Waals surface area contributed by atoms with Crippen LogP contribution in [0.1, 0.15) is 38.5 Å². The first-order valence-corrected chi connectivity index (χ1v) is 8.54. The van der Waals surface area contributed by atoms with Crippen molar-refractivity contribution in [1.29, 1.82) is 0 Å². The molecule has 2 aromatic carbocycles. The van der Waals surface area contributed by atoms with E-state index in [0.29, 0.717) is 6.04 Å². The second kappa shape index (κ2) is 7.82. The quantitative estimate of drug-likeness (QED) is 0.752. The SMILES string of the molecule is O=C(Nc1ccc(-c2ccccc2)cc1)NC1CCCCCC1. The zero-order chi connectivity index (χ0) is 15.9. The maximum Gasteiger partial charge on any atom is 0.319 e. The van der Waals surface area contributed by atoms with E-state index < -0.39 is 0 Å². The molecule has 3 heteroatoms. The van der Waals surface area contributed by atoms with Gasteiger partial charge in [-0.25, -0.2) is 4.79 Å². The van der Waals surface area contributed by atoms with E-state index in [-0.39, 0.29) is 6.03 Å². The van der Waals surface area contributed by atoms with Crippen molar-refractivity contribution in [2.45, 2.75) is 44.6 Å². The molecule has 1 fully saturated rings. The van der Waals surface area contributed by atoms with Gasteiger partial charge in [0.15, 0.2) is 0 Å². The Kier molecular flexibility index (Phi) is 5.30. The van der Waals surface area contributed by atoms with Gasteiger partial charge < -0.3 is 10.6 Å². The number of hydrogen-bond donors (Lipinski definition) is 2. The van der Waals surface area contributed by atoms with Crippen molar-refractivity contribution in [3.05, 3.63) is 54.6 Å². The first-order valence-electron chi connectivity index (χ1n) is 8.54. The Morgan fingerprint density at radius 1 is 0.783 bits per heavy atom. The largest absolute Gasteiger partial charge is 0.335 e. The fraction of sp³-hybridized carbons (Fsp3) is 0.350. The molecular formula is C20H24N2O. The summed E-state index contributed by atoms with van der Waals surface area (Å²) in [5.74, 6) is 0. The summed E-state index contributed by atoms with van der Waals surface area (Å²) in [5, 5.41) is 6.04. The topological polar surface area (TPSA) is 41.1 Å². The smallest absolute Gasteiger partial charge is 0.319 e. The monoisotopic (exact) mass is 308 g/mol. The molecule has 23 heavy (non-hydrogen) atoms. The molecule has 1 saturated carbocycles. The number of hydrogen-bond acceptors (Lipinski definition) is 1. The Morgan fingerprint density at radius 2 is 1.39 bits per heavy atom. The lowest BCUT2D eigenvalue weighted by Crippen LogP contribution is -2.37. The van der Waals surface area contributed by atoms with E-state index in [0.717, 1.165) is 24.1 Å². The van der Waals surface area contributed by atoms with Crippen LogP contribution in [-0.2, 0) is 0 Å². The fourth-order valence-electron chi connectivity index (χ4n) is 3.15. The summed E-state index contributed by atoms with van der Waals surface area (Å²) in [6, 6.07) is 18.4. The zero-order valence-electron chi connectivity index (χ0n) is 13.4. The first kappa shape index (κ1) is 15.6. The van der Waals surface area contributed by atoms with Crippen molar-refractivity contribution < 1.29 is 4.79 Å². The second-order valence-electron chi connectivity index (χ2n) is 6.23. The molecule has 0 spiro atoms. The van der Waals surface area contributed by atoms with Crippen LogP contribution in [0.3, 0.4) is 0 Å². The number of rotatable bonds is 3. The molecule has 0 saturated heterocycles. The van der Waals surface area contributed by atoms with Crippen LogP contribution in [0.2, 0.25) is 0 Å². The van der Waals surface area contributed by atoms with E-state index in [1.54, 1.807) is 0 Å². The molecule has 3 rings (SSSR count). The van der Waals surface area contributed by atoms with Gasteiger partial charge in [-0.15, -0.1) is 0 Å². The molecular weight excluding hydrogens is 284 g/mol. The first-order chi connectivity index (χ1) is 11.3. The van der Waals surface area contributed by atoms with Crippen LogP contribution in [0.25, 0.3) is 11.1 Å². The van der Waals surface area contributed by atoms with E-state index in [1.165, 1.54) is 31.2 Å². The van der Waals surface area contributed by atoms with Gasteiger partial charge in [0.05, 0.1) is 0 Å². The minimum absolute atomic E-state index is 0.0932. The summed E-state index contributed by atoms with van der Waals surface area (Å²) in [6.45, 7) is 0. The van der Waals surface area contributed by atoms with Crippen molar-refractivity contribution in [3.8, 4) is 11.1 Å². The molecule has 0 aliphatic heterocycles. The van der Waals surface area contributed by atoms with E-state index in [1.807, 2.05) is 42.5 Å². The third-order valence-electron chi connectivity index (χ3n) is 4.44. The number of anilines is 1. The Hall–Kier alpha value is -2.29. The third-order valence-corrected chi connectivity index (χ3v) is 4.44. The van der Waals surface area contributed by atoms with Crippen LogP contribution in [0.15, 0.2) is 54.6 Å². The summed E-state index contributed by atoms with van der Waals surface area (Å²) in [6.07, 6.45) is 7.22. The van der Waals surface area contributed by atoms with Gasteiger partial charge in [-0.05, 0) is 36.1 Å². The molecule has 0 radical (unpaired) electrons. The molecule has 0 aromatic heterocycles. The lowest BCUT2D eigenvalue weighted by molar-refractivity contribution is 0.247. The second-order valence-corrected chi connectivity index (χ2v) is 6.23. The van der Waals surface area contributed by atoms with E-state index in [2.05, 4.69) is 22.8 Å². The maximum atomic E-state index is 12.1. The van der Waals surface area contributed by atoms with Gasteiger partial charge in [0, 0.05) is 11.7 Å². The van der Waals surface area contributed by atoms with Gasteiger partial charge >= 0.3 is 6.03 Å². The molecule has 0 heterocycles. The summed E-state index contributed by atoms with van der Waals surface area (Å²) in [7, 11) is 0. The Morgan fingerprint density at radius 3 is 2.04 bits per heavy atom. The van der Waals surface area contributed by atoms with Crippen LogP contribution < -0.4 is 10.6 Å². The number of carbonyl (C=O) groups excluding carboxylic acids is 1. The third kappa shape index (κ3) is 4.59. The van der Waals surface area contributed by atoms with E-state index in [9.17, 15) is 4.79 Å². The van der Waals surface area contributed by atoms with Crippen molar-refractivity contribution in [1.82, 2.24) is 5.32 Å². The van der Waals surface area contributed by atoms with Crippen LogP contribution in [0.4, 0.5) is 10.5 Å². The van der Waals surface area contributed by atoms with Crippen molar-refractivity contribution in [2.75, 3.05) is 5.32 Å². The minimum Gasteiger partial charge on any atom is -0.335 e. The molecule has 3 nitrogen and oxygen atoms in total. The zero-order valence-corrected chi connectivity index (χ0v) is 13.4. The van der Waals surface area contributed by atoms with Crippen LogP contribution >= 0.6 is 0 Å². The summed E-state index contributed by atoms with van der Waals surface area (Å²) >= 11 is 0. The summed E-state index contributed by atoms with van der Waals surface area (Å²) in [5.41, 5.74) is 3.16. The number of urea groups is 1. The minimum atomic E-state index is -0.0932. The molecule has 2 aromatic rings. The average molecular weight is 308 g/mol. The van der Waals surface area contributed by atoms with Crippen molar-refractivity contribution in [3.63, 3.8) is 0 Å². The highest BCUT2D eigenvalue weighted by atomic mass is 16.2. The Bertz CT molecular complexity index is 614. The van der Waals surface area contributed by atoms with Gasteiger partial charge in [-0.1, -0.05) is 68.1 Å². The molecule has 120 valence electrons. The normalized spacial score (nSPS) is 15.7. The average Bonchev–Trinajstić information content (AvgIpc) is 2.85. The summed E-state index contributed by atoms with van der Waals surface area (Å²) < 4.78 is 0. The standard InChI is InChI=1S/C20H24N2O/c23-20(21-18-10-6-1-2-7-11-18)22-19-14-12-17(13-15-19)16-8-4-3-5-9-16/h3-5,8-9,12-15,18H,1-2,6-7,10-11H2,(H2,21,22,23). The number of amides is 2. The predicted octanol–water partition coefficient (Wildman–Crippen LogP) is 5.20. The molecule has 1 aliphatic rings. The number of carbonyl (C=O) groups is 1. The Labute approximate surface area is 138 Å². The molecule has 2 N–H and O–H groups in total. The highest BCUT2D eigenvalue weighted by Gasteiger charge is 2.14. The van der Waals surface area contributed by atoms with Crippen LogP contribution in [-0.4, -0.2) is 12.1 Å². The van der Waals surface area contributed by atoms with E-state index in [4.69, 9.17) is 0 Å². The highest BCUT2D eigenvalue weighted by Crippen LogP contribution is 2.21. The maximum absolute atomic E-state index is 12.1. The van der Waals surface area contributed by atoms with Crippen LogP contribution in [0, 0.1) is 0 Å². The van der Waals surface area contributed by atoms with Gasteiger partial charge in [-0.2, -0.15) is 0 Å². The van der Waals surface area contributed by atoms with E-state index >= 15 is 0 Å². The van der Waals surface area contributed by atoms with Crippen molar-refractivity contribution >= 4 is 11.7 Å². The fourth-order valence-corrected chi connectivity index (χ4v) is 3.15. The summed E-state index contributed by atoms with van der Waals surface area (Å²) in [4.78, 5) is 12.1. The molecule has 0 unspecified atom stereocenters. The number of nitrogens with one attached hydrogen (secondary N) is 2. The molecule has 1 aliphatic carbocycles. The predicted molar refractivity (Wildman–Crippen MR) is 95.5 cm³/mol. The highest BCUT2D eigenvalue weighted by molar-refractivity contribution is 5.89. The van der Waals surface area contributed by atoms with Gasteiger partial charge in [-0.3, -0.25) is 0 Å². The van der Waals surface area contributed by atoms with Crippen LogP contribution in [0.5, 0.6) is 0 Å². The molecule has 2 amide bonds. The van der Waals surface area contributed by atoms with Gasteiger partial charge in [0.25, 0.3) is 0 Å².